The lowest BCUT2D eigenvalue weighted by molar-refractivity contribution is -0.139. The van der Waals surface area contributed by atoms with Crippen LogP contribution in [-0.4, -0.2) is 30.5 Å². The van der Waals surface area contributed by atoms with E-state index in [4.69, 9.17) is 43.1 Å². The summed E-state index contributed by atoms with van der Waals surface area (Å²) in [5, 5.41) is 10.5. The van der Waals surface area contributed by atoms with Gasteiger partial charge in [-0.25, -0.2) is 9.78 Å². The Balaban J connectivity index is 2.26. The minimum absolute atomic E-state index is 0.0264. The van der Waals surface area contributed by atoms with Crippen molar-refractivity contribution in [2.75, 3.05) is 19.6 Å². The van der Waals surface area contributed by atoms with Crippen LogP contribution >= 0.6 is 23.2 Å². The number of alkyl halides is 1. The number of nitrogens with two attached hydrogens (primary N) is 1. The minimum Gasteiger partial charge on any atom is -0.497 e. The van der Waals surface area contributed by atoms with Crippen molar-refractivity contribution in [3.63, 3.8) is 0 Å². The van der Waals surface area contributed by atoms with Gasteiger partial charge in [-0.3, -0.25) is 0 Å². The van der Waals surface area contributed by atoms with Gasteiger partial charge in [-0.15, -0.1) is 11.6 Å². The molecule has 1 aromatic carbocycles. The maximum Gasteiger partial charge on any atom is 0.338 e. The Morgan fingerprint density at radius 3 is 2.79 bits per heavy atom. The third-order valence-electron chi connectivity index (χ3n) is 4.43. The third-order valence-corrected chi connectivity index (χ3v) is 4.98. The number of nitriles is 1. The van der Waals surface area contributed by atoms with Crippen LogP contribution in [0.5, 0.6) is 5.75 Å². The maximum atomic E-state index is 12.7. The van der Waals surface area contributed by atoms with Gasteiger partial charge in [0.25, 0.3) is 0 Å². The summed E-state index contributed by atoms with van der Waals surface area (Å²) in [5.41, 5.74) is 7.04. The lowest BCUT2D eigenvalue weighted by atomic mass is 9.83. The number of pyridine rings is 1. The molecule has 1 aromatic heterocycles. The number of carbonyl (C=O) groups is 1. The van der Waals surface area contributed by atoms with Crippen LogP contribution in [0.4, 0.5) is 0 Å². The maximum absolute atomic E-state index is 12.7. The Kier molecular flexibility index (Phi) is 6.16. The zero-order valence-corrected chi connectivity index (χ0v) is 17.2. The van der Waals surface area contributed by atoms with Crippen molar-refractivity contribution >= 4 is 40.1 Å². The number of ether oxygens (including phenoxy) is 3. The zero-order valence-electron chi connectivity index (χ0n) is 15.7. The predicted octanol–water partition coefficient (Wildman–Crippen LogP) is 3.76. The molecule has 0 saturated carbocycles. The van der Waals surface area contributed by atoms with Crippen LogP contribution < -0.4 is 10.5 Å². The highest BCUT2D eigenvalue weighted by Crippen LogP contribution is 2.43. The van der Waals surface area contributed by atoms with E-state index >= 15 is 0 Å². The summed E-state index contributed by atoms with van der Waals surface area (Å²) in [7, 11) is 1.55. The van der Waals surface area contributed by atoms with Crippen molar-refractivity contribution in [1.29, 1.82) is 5.26 Å². The van der Waals surface area contributed by atoms with Crippen LogP contribution in [0.2, 0.25) is 5.15 Å². The molecular formula is C20H17Cl2N3O4. The lowest BCUT2D eigenvalue weighted by Gasteiger charge is -2.27. The van der Waals surface area contributed by atoms with Gasteiger partial charge >= 0.3 is 5.97 Å². The number of nitrogens with zero attached hydrogens (tertiary/aromatic N) is 2. The summed E-state index contributed by atoms with van der Waals surface area (Å²) in [6.45, 7) is 1.81. The highest BCUT2D eigenvalue weighted by molar-refractivity contribution is 6.31. The quantitative estimate of drug-likeness (QED) is 0.434. The Morgan fingerprint density at radius 2 is 2.17 bits per heavy atom. The molecular weight excluding hydrogens is 417 g/mol. The first-order valence-corrected chi connectivity index (χ1v) is 9.54. The first-order valence-electron chi connectivity index (χ1n) is 8.63. The van der Waals surface area contributed by atoms with E-state index in [9.17, 15) is 10.1 Å². The van der Waals surface area contributed by atoms with Gasteiger partial charge in [0.2, 0.25) is 5.88 Å². The average molecular weight is 434 g/mol. The predicted molar refractivity (Wildman–Crippen MR) is 108 cm³/mol. The Bertz CT molecular complexity index is 1090. The summed E-state index contributed by atoms with van der Waals surface area (Å²) < 4.78 is 15.8. The van der Waals surface area contributed by atoms with Crippen LogP contribution in [-0.2, 0) is 14.3 Å². The number of benzene rings is 1. The normalized spacial score (nSPS) is 16.4. The van der Waals surface area contributed by atoms with Gasteiger partial charge in [0.05, 0.1) is 36.6 Å². The second-order valence-corrected chi connectivity index (χ2v) is 6.67. The Labute approximate surface area is 177 Å². The molecule has 0 spiro atoms. The van der Waals surface area contributed by atoms with Crippen molar-refractivity contribution in [3.8, 4) is 11.8 Å². The fourth-order valence-corrected chi connectivity index (χ4v) is 3.58. The number of rotatable bonds is 5. The van der Waals surface area contributed by atoms with Crippen LogP contribution in [0.1, 0.15) is 18.4 Å². The number of fused-ring (bicyclic) bond motifs is 1. The SMILES string of the molecule is CCOC(=O)C1=C(CCl)OC(N)=C(C#N)C1c1cc2ccc(OC)cc2nc1Cl. The van der Waals surface area contributed by atoms with Gasteiger partial charge in [-0.05, 0) is 25.1 Å². The molecule has 0 amide bonds. The van der Waals surface area contributed by atoms with Gasteiger partial charge in [-0.2, -0.15) is 5.26 Å². The van der Waals surface area contributed by atoms with Crippen molar-refractivity contribution in [3.05, 3.63) is 57.8 Å². The second-order valence-electron chi connectivity index (χ2n) is 6.04. The molecule has 2 aromatic rings. The molecule has 150 valence electrons. The first kappa shape index (κ1) is 20.8. The van der Waals surface area contributed by atoms with E-state index in [1.54, 1.807) is 38.3 Å². The van der Waals surface area contributed by atoms with Crippen molar-refractivity contribution in [1.82, 2.24) is 4.98 Å². The summed E-state index contributed by atoms with van der Waals surface area (Å²) in [4.78, 5) is 17.1. The number of hydrogen-bond donors (Lipinski definition) is 1. The van der Waals surface area contributed by atoms with Crippen molar-refractivity contribution in [2.45, 2.75) is 12.8 Å². The molecule has 0 saturated heterocycles. The largest absolute Gasteiger partial charge is 0.497 e. The molecule has 2 heterocycles. The van der Waals surface area contributed by atoms with Gasteiger partial charge in [0, 0.05) is 17.0 Å². The molecule has 2 N–H and O–H groups in total. The number of esters is 1. The number of hydrogen-bond acceptors (Lipinski definition) is 7. The number of allylic oxidation sites excluding steroid dienone is 2. The smallest absolute Gasteiger partial charge is 0.338 e. The van der Waals surface area contributed by atoms with Crippen LogP contribution in [0.15, 0.2) is 47.1 Å². The molecule has 9 heteroatoms. The van der Waals surface area contributed by atoms with Gasteiger partial charge in [0.15, 0.2) is 0 Å². The van der Waals surface area contributed by atoms with E-state index in [1.807, 2.05) is 6.07 Å². The standard InChI is InChI=1S/C20H17Cl2N3O4/c1-3-28-20(26)17-15(8-21)29-19(24)13(9-23)16(17)12-6-10-4-5-11(27-2)7-14(10)25-18(12)22/h4-7,16H,3,8,24H2,1-2H3. The monoisotopic (exact) mass is 433 g/mol. The summed E-state index contributed by atoms with van der Waals surface area (Å²) in [6, 6.07) is 9.06. The van der Waals surface area contributed by atoms with E-state index in [0.29, 0.717) is 16.8 Å². The van der Waals surface area contributed by atoms with Gasteiger partial charge < -0.3 is 19.9 Å². The molecule has 1 aliphatic rings. The van der Waals surface area contributed by atoms with E-state index in [1.165, 1.54) is 0 Å². The molecule has 1 atom stereocenters. The second kappa shape index (κ2) is 8.60. The highest BCUT2D eigenvalue weighted by atomic mass is 35.5. The molecule has 7 nitrogen and oxygen atoms in total. The van der Waals surface area contributed by atoms with Gasteiger partial charge in [-0.1, -0.05) is 11.6 Å². The number of methoxy groups -OCH3 is 1. The van der Waals surface area contributed by atoms with E-state index in [-0.39, 0.29) is 40.4 Å². The zero-order chi connectivity index (χ0) is 21.1. The highest BCUT2D eigenvalue weighted by Gasteiger charge is 2.38. The average Bonchev–Trinajstić information content (AvgIpc) is 2.72. The number of halogens is 2. The first-order chi connectivity index (χ1) is 13.9. The molecule has 1 aliphatic heterocycles. The summed E-state index contributed by atoms with van der Waals surface area (Å²) in [5.74, 6) is -1.14. The number of aromatic nitrogens is 1. The Hall–Kier alpha value is -2.95. The van der Waals surface area contributed by atoms with Crippen LogP contribution in [0.3, 0.4) is 0 Å². The number of carbonyl (C=O) groups excluding carboxylic acids is 1. The molecule has 0 bridgehead atoms. The molecule has 0 radical (unpaired) electrons. The third kappa shape index (κ3) is 3.82. The van der Waals surface area contributed by atoms with Crippen LogP contribution in [0, 0.1) is 11.3 Å². The summed E-state index contributed by atoms with van der Waals surface area (Å²) in [6.07, 6.45) is 0. The van der Waals surface area contributed by atoms with Crippen LogP contribution in [0.25, 0.3) is 10.9 Å². The molecule has 0 fully saturated rings. The molecule has 29 heavy (non-hydrogen) atoms. The molecule has 0 aliphatic carbocycles. The topological polar surface area (TPSA) is 107 Å². The molecule has 3 rings (SSSR count). The Morgan fingerprint density at radius 1 is 1.41 bits per heavy atom. The summed E-state index contributed by atoms with van der Waals surface area (Å²) >= 11 is 12.4. The van der Waals surface area contributed by atoms with E-state index < -0.39 is 11.9 Å². The van der Waals surface area contributed by atoms with E-state index in [0.717, 1.165) is 5.39 Å². The van der Waals surface area contributed by atoms with Gasteiger partial charge in [0.1, 0.15) is 28.3 Å². The minimum atomic E-state index is -0.923. The fraction of sp³-hybridized carbons (Fsp3) is 0.250. The lowest BCUT2D eigenvalue weighted by Crippen LogP contribution is -2.27. The van der Waals surface area contributed by atoms with E-state index in [2.05, 4.69) is 4.98 Å². The molecule has 1 unspecified atom stereocenters. The fourth-order valence-electron chi connectivity index (χ4n) is 3.13. The van der Waals surface area contributed by atoms with Crippen molar-refractivity contribution in [2.24, 2.45) is 5.73 Å². The van der Waals surface area contributed by atoms with Crippen molar-refractivity contribution < 1.29 is 19.0 Å².